The third-order valence-corrected chi connectivity index (χ3v) is 3.09. The normalized spacial score (nSPS) is 10.9. The molecular weight excluding hydrogens is 285 g/mol. The lowest BCUT2D eigenvalue weighted by Crippen LogP contribution is -1.98. The highest BCUT2D eigenvalue weighted by atomic mass is 35.5. The van der Waals surface area contributed by atoms with Crippen LogP contribution in [0.5, 0.6) is 0 Å². The molecule has 0 aliphatic rings. The Balaban J connectivity index is 2.07. The number of rotatable bonds is 2. The molecule has 1 aromatic carbocycles. The van der Waals surface area contributed by atoms with Gasteiger partial charge in [0.25, 0.3) is 0 Å². The number of halogens is 2. The van der Waals surface area contributed by atoms with Gasteiger partial charge < -0.3 is 5.32 Å². The molecule has 3 rings (SSSR count). The molecule has 0 radical (unpaired) electrons. The van der Waals surface area contributed by atoms with Crippen molar-refractivity contribution in [3.8, 4) is 0 Å². The number of nitrogens with zero attached hydrogens (tertiary/aromatic N) is 4. The van der Waals surface area contributed by atoms with E-state index in [1.54, 1.807) is 30.1 Å². The average molecular weight is 294 g/mol. The molecule has 2 heterocycles. The van der Waals surface area contributed by atoms with E-state index in [0.29, 0.717) is 16.5 Å². The zero-order valence-electron chi connectivity index (χ0n) is 9.93. The SMILES string of the molecule is Cn1ncc2c(Nc3ccc(Cl)cc3)nc(Cl)nc21. The van der Waals surface area contributed by atoms with Crippen LogP contribution in [0, 0.1) is 0 Å². The maximum atomic E-state index is 5.92. The fraction of sp³-hybridized carbons (Fsp3) is 0.0833. The Kier molecular flexibility index (Phi) is 3.00. The highest BCUT2D eigenvalue weighted by Gasteiger charge is 2.10. The minimum absolute atomic E-state index is 0.174. The summed E-state index contributed by atoms with van der Waals surface area (Å²) in [5, 5.41) is 8.99. The largest absolute Gasteiger partial charge is 0.339 e. The number of hydrogen-bond donors (Lipinski definition) is 1. The van der Waals surface area contributed by atoms with Crippen molar-refractivity contribution in [1.29, 1.82) is 0 Å². The van der Waals surface area contributed by atoms with Crippen LogP contribution < -0.4 is 5.32 Å². The van der Waals surface area contributed by atoms with Crippen LogP contribution in [0.2, 0.25) is 10.3 Å². The maximum Gasteiger partial charge on any atom is 0.226 e. The van der Waals surface area contributed by atoms with Crippen molar-refractivity contribution < 1.29 is 0 Å². The quantitative estimate of drug-likeness (QED) is 0.736. The molecule has 0 spiro atoms. The van der Waals surface area contributed by atoms with Crippen LogP contribution >= 0.6 is 23.2 Å². The summed E-state index contributed by atoms with van der Waals surface area (Å²) in [7, 11) is 1.80. The molecular formula is C12H9Cl2N5. The van der Waals surface area contributed by atoms with E-state index < -0.39 is 0 Å². The highest BCUT2D eigenvalue weighted by molar-refractivity contribution is 6.30. The molecule has 96 valence electrons. The molecule has 5 nitrogen and oxygen atoms in total. The van der Waals surface area contributed by atoms with Crippen molar-refractivity contribution in [1.82, 2.24) is 19.7 Å². The van der Waals surface area contributed by atoms with Gasteiger partial charge in [-0.25, -0.2) is 0 Å². The fourth-order valence-electron chi connectivity index (χ4n) is 1.76. The Morgan fingerprint density at radius 3 is 2.58 bits per heavy atom. The number of hydrogen-bond acceptors (Lipinski definition) is 4. The lowest BCUT2D eigenvalue weighted by Gasteiger charge is -2.07. The van der Waals surface area contributed by atoms with Gasteiger partial charge in [-0.05, 0) is 35.9 Å². The van der Waals surface area contributed by atoms with Gasteiger partial charge in [0.15, 0.2) is 5.65 Å². The van der Waals surface area contributed by atoms with Crippen molar-refractivity contribution in [2.45, 2.75) is 0 Å². The summed E-state index contributed by atoms with van der Waals surface area (Å²) in [6.45, 7) is 0. The minimum atomic E-state index is 0.174. The zero-order valence-corrected chi connectivity index (χ0v) is 11.4. The van der Waals surface area contributed by atoms with Crippen molar-refractivity contribution in [2.24, 2.45) is 7.05 Å². The van der Waals surface area contributed by atoms with E-state index in [0.717, 1.165) is 11.1 Å². The van der Waals surface area contributed by atoms with Gasteiger partial charge in [0, 0.05) is 17.8 Å². The minimum Gasteiger partial charge on any atom is -0.339 e. The van der Waals surface area contributed by atoms with E-state index in [1.165, 1.54) is 0 Å². The van der Waals surface area contributed by atoms with E-state index in [-0.39, 0.29) is 5.28 Å². The second kappa shape index (κ2) is 4.68. The predicted octanol–water partition coefficient (Wildman–Crippen LogP) is 3.41. The molecule has 19 heavy (non-hydrogen) atoms. The Bertz CT molecular complexity index is 736. The summed E-state index contributed by atoms with van der Waals surface area (Å²) in [5.41, 5.74) is 1.54. The first-order chi connectivity index (χ1) is 9.13. The van der Waals surface area contributed by atoms with E-state index in [4.69, 9.17) is 23.2 Å². The van der Waals surface area contributed by atoms with Crippen LogP contribution in [0.3, 0.4) is 0 Å². The third kappa shape index (κ3) is 2.34. The monoisotopic (exact) mass is 293 g/mol. The van der Waals surface area contributed by atoms with Gasteiger partial charge in [0.05, 0.1) is 11.6 Å². The lowest BCUT2D eigenvalue weighted by atomic mass is 10.3. The first kappa shape index (κ1) is 12.2. The molecule has 0 saturated carbocycles. The topological polar surface area (TPSA) is 55.6 Å². The molecule has 0 aliphatic carbocycles. The Morgan fingerprint density at radius 2 is 1.84 bits per heavy atom. The van der Waals surface area contributed by atoms with Crippen LogP contribution in [0.4, 0.5) is 11.5 Å². The van der Waals surface area contributed by atoms with Crippen molar-refractivity contribution >= 4 is 45.7 Å². The standard InChI is InChI=1S/C12H9Cl2N5/c1-19-11-9(6-15-19)10(17-12(14)18-11)16-8-4-2-7(13)3-5-8/h2-6H,1H3,(H,16,17,18). The predicted molar refractivity (Wildman–Crippen MR) is 76.0 cm³/mol. The molecule has 0 unspecified atom stereocenters. The van der Waals surface area contributed by atoms with Crippen LogP contribution in [0.15, 0.2) is 30.5 Å². The summed E-state index contributed by atoms with van der Waals surface area (Å²) in [6.07, 6.45) is 1.70. The van der Waals surface area contributed by atoms with Gasteiger partial charge in [-0.3, -0.25) is 4.68 Å². The van der Waals surface area contributed by atoms with E-state index in [1.807, 2.05) is 12.1 Å². The lowest BCUT2D eigenvalue weighted by molar-refractivity contribution is 0.785. The molecule has 1 N–H and O–H groups in total. The first-order valence-corrected chi connectivity index (χ1v) is 6.27. The number of benzene rings is 1. The number of aromatic nitrogens is 4. The molecule has 0 fully saturated rings. The van der Waals surface area contributed by atoms with Crippen LogP contribution in [0.1, 0.15) is 0 Å². The van der Waals surface area contributed by atoms with Gasteiger partial charge in [-0.2, -0.15) is 15.1 Å². The van der Waals surface area contributed by atoms with Crippen LogP contribution in [0.25, 0.3) is 11.0 Å². The maximum absolute atomic E-state index is 5.92. The van der Waals surface area contributed by atoms with Crippen molar-refractivity contribution in [3.63, 3.8) is 0 Å². The fourth-order valence-corrected chi connectivity index (χ4v) is 2.05. The Morgan fingerprint density at radius 1 is 1.11 bits per heavy atom. The van der Waals surface area contributed by atoms with Crippen LogP contribution in [-0.4, -0.2) is 19.7 Å². The Labute approximate surface area is 119 Å². The van der Waals surface area contributed by atoms with Crippen molar-refractivity contribution in [3.05, 3.63) is 40.8 Å². The first-order valence-electron chi connectivity index (χ1n) is 5.51. The smallest absolute Gasteiger partial charge is 0.226 e. The molecule has 0 aliphatic heterocycles. The van der Waals surface area contributed by atoms with Crippen molar-refractivity contribution in [2.75, 3.05) is 5.32 Å². The summed E-state index contributed by atoms with van der Waals surface area (Å²) in [4.78, 5) is 8.33. The molecule has 7 heteroatoms. The second-order valence-corrected chi connectivity index (χ2v) is 4.75. The molecule has 2 aromatic heterocycles. The summed E-state index contributed by atoms with van der Waals surface area (Å²) >= 11 is 11.8. The molecule has 0 amide bonds. The van der Waals surface area contributed by atoms with Gasteiger partial charge in [0.2, 0.25) is 5.28 Å². The van der Waals surface area contributed by atoms with E-state index in [2.05, 4.69) is 20.4 Å². The van der Waals surface area contributed by atoms with Gasteiger partial charge >= 0.3 is 0 Å². The summed E-state index contributed by atoms with van der Waals surface area (Å²) < 4.78 is 1.65. The van der Waals surface area contributed by atoms with Gasteiger partial charge in [-0.15, -0.1) is 0 Å². The number of aryl methyl sites for hydroxylation is 1. The van der Waals surface area contributed by atoms with E-state index >= 15 is 0 Å². The molecule has 0 atom stereocenters. The van der Waals surface area contributed by atoms with Gasteiger partial charge in [-0.1, -0.05) is 11.6 Å². The molecule has 0 saturated heterocycles. The molecule has 0 bridgehead atoms. The zero-order chi connectivity index (χ0) is 13.4. The number of anilines is 2. The van der Waals surface area contributed by atoms with E-state index in [9.17, 15) is 0 Å². The Hall–Kier alpha value is -1.85. The number of nitrogens with one attached hydrogen (secondary N) is 1. The summed E-state index contributed by atoms with van der Waals surface area (Å²) in [5.74, 6) is 0.616. The molecule has 3 aromatic rings. The summed E-state index contributed by atoms with van der Waals surface area (Å²) in [6, 6.07) is 7.32. The third-order valence-electron chi connectivity index (χ3n) is 2.67. The highest BCUT2D eigenvalue weighted by Crippen LogP contribution is 2.25. The average Bonchev–Trinajstić information content (AvgIpc) is 2.74. The van der Waals surface area contributed by atoms with Gasteiger partial charge in [0.1, 0.15) is 5.82 Å². The second-order valence-electron chi connectivity index (χ2n) is 3.98. The number of fused-ring (bicyclic) bond motifs is 1. The van der Waals surface area contributed by atoms with Crippen LogP contribution in [-0.2, 0) is 7.05 Å².